The van der Waals surface area contributed by atoms with E-state index in [1.165, 1.54) is 7.05 Å². The van der Waals surface area contributed by atoms with E-state index in [0.717, 1.165) is 66.7 Å². The number of hydroxylamine groups is 1. The zero-order valence-electron chi connectivity index (χ0n) is 20.6. The second-order valence-corrected chi connectivity index (χ2v) is 9.28. The van der Waals surface area contributed by atoms with E-state index in [-0.39, 0.29) is 17.1 Å². The molecule has 0 saturated carbocycles. The molecule has 0 saturated heterocycles. The molecular weight excluding hydrogens is 434 g/mol. The lowest BCUT2D eigenvalue weighted by molar-refractivity contribution is -0.129. The van der Waals surface area contributed by atoms with E-state index in [1.807, 2.05) is 23.7 Å². The molecule has 0 spiro atoms. The van der Waals surface area contributed by atoms with Crippen LogP contribution >= 0.6 is 0 Å². The summed E-state index contributed by atoms with van der Waals surface area (Å²) in [6.07, 6.45) is 5.87. The Balaban J connectivity index is 0.00000199. The van der Waals surface area contributed by atoms with Crippen LogP contribution in [0.1, 0.15) is 84.5 Å². The number of rotatable bonds is 10. The Kier molecular flexibility index (Phi) is 9.95. The van der Waals surface area contributed by atoms with Crippen molar-refractivity contribution < 1.29 is 19.6 Å². The molecule has 1 heterocycles. The van der Waals surface area contributed by atoms with Crippen LogP contribution in [0, 0.1) is 12.3 Å². The average Bonchev–Trinajstić information content (AvgIpc) is 3.14. The van der Waals surface area contributed by atoms with Gasteiger partial charge in [-0.15, -0.1) is 0 Å². The van der Waals surface area contributed by atoms with Crippen molar-refractivity contribution in [3.63, 3.8) is 0 Å². The lowest BCUT2D eigenvalue weighted by Gasteiger charge is -2.29. The molecule has 186 valence electrons. The summed E-state index contributed by atoms with van der Waals surface area (Å²) in [5, 5.41) is 16.5. The number of anilines is 1. The molecule has 34 heavy (non-hydrogen) atoms. The van der Waals surface area contributed by atoms with Crippen molar-refractivity contribution in [2.75, 3.05) is 18.9 Å². The first-order valence-electron chi connectivity index (χ1n) is 11.7. The molecule has 3 rings (SSSR count). The number of benzene rings is 1. The Labute approximate surface area is 201 Å². The molecule has 0 radical (unpaired) electrons. The molecule has 9 nitrogen and oxygen atoms in total. The predicted molar refractivity (Wildman–Crippen MR) is 132 cm³/mol. The molecule has 5 N–H and O–H groups in total. The Morgan fingerprint density at radius 2 is 1.91 bits per heavy atom. The summed E-state index contributed by atoms with van der Waals surface area (Å²) in [6, 6.07) is 5.55. The van der Waals surface area contributed by atoms with Crippen LogP contribution in [-0.4, -0.2) is 46.6 Å². The largest absolute Gasteiger partial charge is 0.384 e. The number of unbranched alkanes of at least 4 members (excludes halogenated alkanes) is 3. The van der Waals surface area contributed by atoms with Gasteiger partial charge in [-0.1, -0.05) is 26.7 Å². The molecule has 9 heteroatoms. The van der Waals surface area contributed by atoms with Crippen LogP contribution in [0.5, 0.6) is 0 Å². The maximum Gasteiger partial charge on any atom is 0.243 e. The van der Waals surface area contributed by atoms with E-state index in [1.54, 1.807) is 11.5 Å². The topological polar surface area (TPSA) is 139 Å². The van der Waals surface area contributed by atoms with Crippen molar-refractivity contribution in [2.45, 2.75) is 65.7 Å². The van der Waals surface area contributed by atoms with Crippen LogP contribution in [0.3, 0.4) is 0 Å². The van der Waals surface area contributed by atoms with Crippen LogP contribution in [-0.2, 0) is 11.2 Å². The fourth-order valence-corrected chi connectivity index (χ4v) is 4.33. The number of aryl methyl sites for hydroxylation is 1. The van der Waals surface area contributed by atoms with Crippen LogP contribution in [0.2, 0.25) is 0 Å². The third-order valence-electron chi connectivity index (χ3n) is 5.90. The normalized spacial score (nSPS) is 14.0. The van der Waals surface area contributed by atoms with Gasteiger partial charge in [-0.3, -0.25) is 19.6 Å². The third-order valence-corrected chi connectivity index (χ3v) is 5.90. The van der Waals surface area contributed by atoms with Crippen molar-refractivity contribution in [2.24, 2.45) is 11.1 Å². The monoisotopic (exact) mass is 471 g/mol. The molecule has 0 fully saturated rings. The number of fused-ring (bicyclic) bond motifs is 1. The number of nitrogens with two attached hydrogens (primary N) is 1. The number of nitrogens with one attached hydrogen (secondary N) is 2. The van der Waals surface area contributed by atoms with E-state index in [2.05, 4.69) is 30.0 Å². The van der Waals surface area contributed by atoms with E-state index in [0.29, 0.717) is 24.9 Å². The highest BCUT2D eigenvalue weighted by Crippen LogP contribution is 2.37. The second kappa shape index (κ2) is 12.4. The smallest absolute Gasteiger partial charge is 0.243 e. The maximum atomic E-state index is 12.7. The zero-order chi connectivity index (χ0) is 25.3. The number of hydrogen-bond donors (Lipinski definition) is 4. The Morgan fingerprint density at radius 1 is 1.21 bits per heavy atom. The van der Waals surface area contributed by atoms with Crippen molar-refractivity contribution in [3.8, 4) is 5.69 Å². The number of ketones is 1. The Bertz CT molecular complexity index is 1010. The van der Waals surface area contributed by atoms with E-state index < -0.39 is 0 Å². The Hall–Kier alpha value is -3.04. The molecule has 1 aliphatic carbocycles. The van der Waals surface area contributed by atoms with E-state index in [9.17, 15) is 14.4 Å². The predicted octanol–water partition coefficient (Wildman–Crippen LogP) is 3.59. The van der Waals surface area contributed by atoms with Crippen LogP contribution < -0.4 is 16.5 Å². The molecule has 1 amide bonds. The number of carbonyl (C=O) groups excluding carboxylic acids is 3. The quantitative estimate of drug-likeness (QED) is 0.180. The molecule has 0 bridgehead atoms. The average molecular weight is 472 g/mol. The van der Waals surface area contributed by atoms with Gasteiger partial charge in [-0.25, -0.2) is 10.2 Å². The molecular formula is C25H37N5O4. The molecule has 1 aliphatic rings. The van der Waals surface area contributed by atoms with Gasteiger partial charge in [0.05, 0.1) is 22.6 Å². The van der Waals surface area contributed by atoms with Crippen molar-refractivity contribution in [3.05, 3.63) is 40.7 Å². The van der Waals surface area contributed by atoms with Gasteiger partial charge in [0.1, 0.15) is 0 Å². The second-order valence-electron chi connectivity index (χ2n) is 9.28. The highest BCUT2D eigenvalue weighted by atomic mass is 16.5. The number of nitrogens with zero attached hydrogens (tertiary/aromatic N) is 2. The fourth-order valence-electron chi connectivity index (χ4n) is 4.33. The number of aromatic nitrogens is 2. The minimum absolute atomic E-state index is 0.115. The van der Waals surface area contributed by atoms with Gasteiger partial charge in [0.25, 0.3) is 0 Å². The van der Waals surface area contributed by atoms with Crippen molar-refractivity contribution in [1.29, 1.82) is 0 Å². The van der Waals surface area contributed by atoms with Gasteiger partial charge in [0.15, 0.2) is 12.1 Å². The van der Waals surface area contributed by atoms with Gasteiger partial charge in [-0.05, 0) is 56.8 Å². The first kappa shape index (κ1) is 27.2. The van der Waals surface area contributed by atoms with Crippen LogP contribution in [0.4, 0.5) is 5.69 Å². The summed E-state index contributed by atoms with van der Waals surface area (Å²) in [4.78, 5) is 35.2. The van der Waals surface area contributed by atoms with Gasteiger partial charge >= 0.3 is 0 Å². The lowest BCUT2D eigenvalue weighted by atomic mass is 9.75. The van der Waals surface area contributed by atoms with Crippen LogP contribution in [0.15, 0.2) is 18.2 Å². The molecule has 0 unspecified atom stereocenters. The lowest BCUT2D eigenvalue weighted by Crippen LogP contribution is -2.28. The number of aldehydes is 1. The number of hydrogen-bond acceptors (Lipinski definition) is 7. The summed E-state index contributed by atoms with van der Waals surface area (Å²) < 4.78 is 1.84. The van der Waals surface area contributed by atoms with E-state index >= 15 is 0 Å². The molecule has 0 aliphatic heterocycles. The van der Waals surface area contributed by atoms with Gasteiger partial charge in [0, 0.05) is 30.6 Å². The molecule has 1 aromatic carbocycles. The summed E-state index contributed by atoms with van der Waals surface area (Å²) >= 11 is 0. The maximum absolute atomic E-state index is 12.7. The molecule has 2 aromatic rings. The van der Waals surface area contributed by atoms with Crippen molar-refractivity contribution in [1.82, 2.24) is 15.3 Å². The zero-order valence-corrected chi connectivity index (χ0v) is 20.6. The summed E-state index contributed by atoms with van der Waals surface area (Å²) in [6.45, 7) is 6.76. The minimum Gasteiger partial charge on any atom is -0.384 e. The van der Waals surface area contributed by atoms with Gasteiger partial charge < -0.3 is 11.1 Å². The molecule has 0 atom stereocenters. The number of carbonyl (C=O) groups is 3. The van der Waals surface area contributed by atoms with Gasteiger partial charge in [-0.2, -0.15) is 5.10 Å². The summed E-state index contributed by atoms with van der Waals surface area (Å²) in [5.74, 6) is -0.226. The van der Waals surface area contributed by atoms with Crippen molar-refractivity contribution >= 4 is 23.7 Å². The van der Waals surface area contributed by atoms with Crippen LogP contribution in [0.25, 0.3) is 5.69 Å². The SMILES string of the molecule is CN.Cc1nn(-c2ccc(C=O)c(NCCCCCCC(=O)NO)c2)c2c1C(=O)CC(C)(C)C2. The first-order valence-corrected chi connectivity index (χ1v) is 11.7. The number of amides is 1. The molecule has 1 aromatic heterocycles. The summed E-state index contributed by atoms with van der Waals surface area (Å²) in [5.41, 5.74) is 10.6. The highest BCUT2D eigenvalue weighted by Gasteiger charge is 2.35. The fraction of sp³-hybridized carbons (Fsp3) is 0.520. The third kappa shape index (κ3) is 6.74. The van der Waals surface area contributed by atoms with E-state index in [4.69, 9.17) is 5.21 Å². The first-order chi connectivity index (χ1) is 16.3. The highest BCUT2D eigenvalue weighted by molar-refractivity contribution is 6.00. The minimum atomic E-state index is -0.364. The van der Waals surface area contributed by atoms with Gasteiger partial charge in [0.2, 0.25) is 5.91 Å². The summed E-state index contributed by atoms with van der Waals surface area (Å²) in [7, 11) is 1.50. The standard InChI is InChI=1S/C24H32N4O4.CH5N/c1-16-23-20(13-24(2,3)14-21(23)30)28(26-16)18-10-9-17(15-29)19(12-18)25-11-7-5-4-6-8-22(31)27-32;1-2/h9-10,12,15,25,32H,4-8,11,13-14H2,1-3H3,(H,27,31);2H2,1H3. The number of Topliss-reactive ketones (excluding diaryl/α,β-unsaturated/α-hetero) is 1. The Morgan fingerprint density at radius 3 is 2.59 bits per heavy atom.